The Morgan fingerprint density at radius 2 is 1.78 bits per heavy atom. The van der Waals surface area contributed by atoms with Crippen LogP contribution in [0.2, 0.25) is 5.02 Å². The monoisotopic (exact) mass is 440 g/mol. The van der Waals surface area contributed by atoms with Gasteiger partial charge in [0.25, 0.3) is 5.91 Å². The fraction of sp³-hybridized carbons (Fsp3) is 0.0370. The van der Waals surface area contributed by atoms with E-state index >= 15 is 0 Å². The van der Waals surface area contributed by atoms with E-state index in [9.17, 15) is 14.4 Å². The van der Waals surface area contributed by atoms with Gasteiger partial charge < -0.3 is 5.32 Å². The molecule has 156 valence electrons. The number of halogens is 2. The highest BCUT2D eigenvalue weighted by Gasteiger charge is 2.14. The number of anilines is 1. The van der Waals surface area contributed by atoms with Gasteiger partial charge in [0.05, 0.1) is 10.7 Å². The lowest BCUT2D eigenvalue weighted by Crippen LogP contribution is -2.14. The molecule has 1 N–H and O–H groups in total. The van der Waals surface area contributed by atoms with Gasteiger partial charge in [0.2, 0.25) is 0 Å². The summed E-state index contributed by atoms with van der Waals surface area (Å²) in [7, 11) is 0. The number of fused-ring (bicyclic) bond motifs is 1. The Balaban J connectivity index is 1.78. The molecule has 4 aromatic rings. The number of amides is 1. The van der Waals surface area contributed by atoms with Crippen LogP contribution in [-0.4, -0.2) is 5.91 Å². The summed E-state index contributed by atoms with van der Waals surface area (Å²) in [5.41, 5.74) is 2.81. The van der Waals surface area contributed by atoms with E-state index in [1.807, 2.05) is 48.5 Å². The summed E-state index contributed by atoms with van der Waals surface area (Å²) in [4.78, 5) is 12.8. The first-order chi connectivity index (χ1) is 15.5. The molecule has 0 saturated carbocycles. The first-order valence-electron chi connectivity index (χ1n) is 9.98. The van der Waals surface area contributed by atoms with Crippen molar-refractivity contribution in [2.75, 3.05) is 5.32 Å². The largest absolute Gasteiger partial charge is 0.320 e. The van der Waals surface area contributed by atoms with Crippen molar-refractivity contribution in [3.63, 3.8) is 0 Å². The number of rotatable bonds is 5. The fourth-order valence-corrected chi connectivity index (χ4v) is 3.76. The molecule has 4 aromatic carbocycles. The second kappa shape index (κ2) is 9.47. The van der Waals surface area contributed by atoms with Gasteiger partial charge in [0.15, 0.2) is 0 Å². The SMILES string of the molecule is N#C/C(=C\c1c(Cc2cccc(F)c2)ccc2ccccc12)C(=O)Nc1ccccc1Cl. The second-order valence-electron chi connectivity index (χ2n) is 7.27. The van der Waals surface area contributed by atoms with Gasteiger partial charge in [-0.1, -0.05) is 72.3 Å². The van der Waals surface area contributed by atoms with E-state index in [0.717, 1.165) is 27.5 Å². The Morgan fingerprint density at radius 1 is 1.00 bits per heavy atom. The zero-order valence-electron chi connectivity index (χ0n) is 17.0. The summed E-state index contributed by atoms with van der Waals surface area (Å²) < 4.78 is 13.7. The molecule has 0 unspecified atom stereocenters. The number of benzene rings is 4. The van der Waals surface area contributed by atoms with Gasteiger partial charge in [-0.15, -0.1) is 0 Å². The molecule has 0 fully saturated rings. The van der Waals surface area contributed by atoms with Crippen LogP contribution < -0.4 is 5.32 Å². The number of para-hydroxylation sites is 1. The number of hydrogen-bond acceptors (Lipinski definition) is 2. The Morgan fingerprint density at radius 3 is 2.56 bits per heavy atom. The van der Waals surface area contributed by atoms with Crippen LogP contribution in [0.3, 0.4) is 0 Å². The Bertz CT molecular complexity index is 1390. The average Bonchev–Trinajstić information content (AvgIpc) is 2.80. The van der Waals surface area contributed by atoms with Gasteiger partial charge in [0, 0.05) is 0 Å². The Kier molecular flexibility index (Phi) is 6.30. The van der Waals surface area contributed by atoms with Crippen LogP contribution in [0.5, 0.6) is 0 Å². The highest BCUT2D eigenvalue weighted by molar-refractivity contribution is 6.34. The standard InChI is InChI=1S/C27H18ClFN2O/c28-25-10-3-4-11-26(25)31-27(32)21(17-30)16-24-20(14-18-6-5-8-22(29)15-18)13-12-19-7-1-2-9-23(19)24/h1-13,15-16H,14H2,(H,31,32)/b21-16+. The van der Waals surface area contributed by atoms with Crippen molar-refractivity contribution in [1.82, 2.24) is 0 Å². The van der Waals surface area contributed by atoms with Crippen LogP contribution in [0.4, 0.5) is 10.1 Å². The molecule has 0 radical (unpaired) electrons. The van der Waals surface area contributed by atoms with Gasteiger partial charge >= 0.3 is 0 Å². The molecule has 0 aliphatic heterocycles. The molecule has 5 heteroatoms. The van der Waals surface area contributed by atoms with Crippen LogP contribution in [0.15, 0.2) is 90.5 Å². The van der Waals surface area contributed by atoms with Gasteiger partial charge in [-0.3, -0.25) is 4.79 Å². The van der Waals surface area contributed by atoms with Crippen molar-refractivity contribution in [3.8, 4) is 6.07 Å². The van der Waals surface area contributed by atoms with Crippen LogP contribution in [0.1, 0.15) is 16.7 Å². The molecule has 0 aliphatic rings. The lowest BCUT2D eigenvalue weighted by atomic mass is 9.93. The molecular weight excluding hydrogens is 423 g/mol. The lowest BCUT2D eigenvalue weighted by Gasteiger charge is -2.12. The minimum Gasteiger partial charge on any atom is -0.320 e. The molecule has 0 spiro atoms. The van der Waals surface area contributed by atoms with Gasteiger partial charge in [-0.05, 0) is 64.2 Å². The minimum atomic E-state index is -0.551. The van der Waals surface area contributed by atoms with Crippen LogP contribution in [0.25, 0.3) is 16.8 Å². The number of nitriles is 1. The van der Waals surface area contributed by atoms with Crippen molar-refractivity contribution < 1.29 is 9.18 Å². The topological polar surface area (TPSA) is 52.9 Å². The van der Waals surface area contributed by atoms with Gasteiger partial charge in [-0.2, -0.15) is 5.26 Å². The van der Waals surface area contributed by atoms with E-state index in [1.165, 1.54) is 12.1 Å². The first kappa shape index (κ1) is 21.3. The first-order valence-corrected chi connectivity index (χ1v) is 10.4. The summed E-state index contributed by atoms with van der Waals surface area (Å²) in [5.74, 6) is -0.859. The number of hydrogen-bond donors (Lipinski definition) is 1. The Labute approximate surface area is 190 Å². The zero-order chi connectivity index (χ0) is 22.5. The van der Waals surface area contributed by atoms with E-state index in [4.69, 9.17) is 11.6 Å². The molecule has 1 amide bonds. The summed E-state index contributed by atoms with van der Waals surface area (Å²) in [5, 5.41) is 14.7. The maximum absolute atomic E-state index is 13.7. The number of nitrogens with zero attached hydrogens (tertiary/aromatic N) is 1. The summed E-state index contributed by atoms with van der Waals surface area (Å²) >= 11 is 6.14. The van der Waals surface area contributed by atoms with Crippen LogP contribution in [-0.2, 0) is 11.2 Å². The van der Waals surface area contributed by atoms with Crippen molar-refractivity contribution in [2.45, 2.75) is 6.42 Å². The third-order valence-electron chi connectivity index (χ3n) is 5.12. The van der Waals surface area contributed by atoms with E-state index < -0.39 is 5.91 Å². The maximum Gasteiger partial charge on any atom is 0.266 e. The summed E-state index contributed by atoms with van der Waals surface area (Å²) in [6.07, 6.45) is 2.04. The fourth-order valence-electron chi connectivity index (χ4n) is 3.58. The van der Waals surface area contributed by atoms with Crippen molar-refractivity contribution in [3.05, 3.63) is 118 Å². The predicted molar refractivity (Wildman–Crippen MR) is 127 cm³/mol. The summed E-state index contributed by atoms with van der Waals surface area (Å²) in [6.45, 7) is 0. The molecule has 0 aliphatic carbocycles. The van der Waals surface area contributed by atoms with Gasteiger partial charge in [0.1, 0.15) is 17.5 Å². The zero-order valence-corrected chi connectivity index (χ0v) is 17.7. The number of nitrogens with one attached hydrogen (secondary N) is 1. The smallest absolute Gasteiger partial charge is 0.266 e. The second-order valence-corrected chi connectivity index (χ2v) is 7.68. The van der Waals surface area contributed by atoms with Crippen molar-refractivity contribution >= 4 is 40.0 Å². The van der Waals surface area contributed by atoms with Crippen LogP contribution >= 0.6 is 11.6 Å². The number of carbonyl (C=O) groups excluding carboxylic acids is 1. The third-order valence-corrected chi connectivity index (χ3v) is 5.45. The van der Waals surface area contributed by atoms with Crippen molar-refractivity contribution in [2.24, 2.45) is 0 Å². The molecule has 4 rings (SSSR count). The van der Waals surface area contributed by atoms with E-state index in [0.29, 0.717) is 17.1 Å². The Hall–Kier alpha value is -3.94. The molecular formula is C27H18ClFN2O. The van der Waals surface area contributed by atoms with E-state index in [-0.39, 0.29) is 11.4 Å². The minimum absolute atomic E-state index is 0.0539. The predicted octanol–water partition coefficient (Wildman–Crippen LogP) is 6.77. The summed E-state index contributed by atoms with van der Waals surface area (Å²) in [6, 6.07) is 26.9. The molecule has 0 aromatic heterocycles. The average molecular weight is 441 g/mol. The van der Waals surface area contributed by atoms with Gasteiger partial charge in [-0.25, -0.2) is 4.39 Å². The molecule has 0 saturated heterocycles. The van der Waals surface area contributed by atoms with Crippen LogP contribution in [0, 0.1) is 17.1 Å². The van der Waals surface area contributed by atoms with Crippen molar-refractivity contribution in [1.29, 1.82) is 5.26 Å². The third kappa shape index (κ3) is 4.69. The maximum atomic E-state index is 13.7. The molecule has 0 heterocycles. The normalized spacial score (nSPS) is 11.2. The lowest BCUT2D eigenvalue weighted by molar-refractivity contribution is -0.112. The van der Waals surface area contributed by atoms with E-state index in [1.54, 1.807) is 36.4 Å². The highest BCUT2D eigenvalue weighted by Crippen LogP contribution is 2.28. The quantitative estimate of drug-likeness (QED) is 0.275. The molecule has 0 atom stereocenters. The number of carbonyl (C=O) groups is 1. The molecule has 3 nitrogen and oxygen atoms in total. The molecule has 0 bridgehead atoms. The van der Waals surface area contributed by atoms with E-state index in [2.05, 4.69) is 5.32 Å². The molecule has 32 heavy (non-hydrogen) atoms. The highest BCUT2D eigenvalue weighted by atomic mass is 35.5.